The van der Waals surface area contributed by atoms with Crippen molar-refractivity contribution in [2.75, 3.05) is 0 Å². The summed E-state index contributed by atoms with van der Waals surface area (Å²) < 4.78 is 0. The molecule has 0 aromatic heterocycles. The standard InChI is InChI=1S/C18H30O/c1-4-5-6-7-8-9-10-11-12-17-16(3)15(2)13-14-18(17)19/h13-14,19H,4-12H2,1-3H3. The minimum atomic E-state index is 0.478. The van der Waals surface area contributed by atoms with E-state index in [1.165, 1.54) is 62.5 Å². The van der Waals surface area contributed by atoms with Crippen LogP contribution in [0.25, 0.3) is 0 Å². The number of rotatable bonds is 9. The maximum absolute atomic E-state index is 9.92. The van der Waals surface area contributed by atoms with Gasteiger partial charge in [0.2, 0.25) is 0 Å². The fourth-order valence-electron chi connectivity index (χ4n) is 2.61. The lowest BCUT2D eigenvalue weighted by Gasteiger charge is -2.11. The van der Waals surface area contributed by atoms with Crippen molar-refractivity contribution in [3.63, 3.8) is 0 Å². The van der Waals surface area contributed by atoms with E-state index in [2.05, 4.69) is 20.8 Å². The van der Waals surface area contributed by atoms with Crippen LogP contribution in [-0.2, 0) is 6.42 Å². The van der Waals surface area contributed by atoms with Gasteiger partial charge in [-0.1, -0.05) is 57.9 Å². The predicted octanol–water partition coefficient (Wildman–Crippen LogP) is 5.69. The molecule has 1 aromatic carbocycles. The van der Waals surface area contributed by atoms with E-state index in [4.69, 9.17) is 0 Å². The summed E-state index contributed by atoms with van der Waals surface area (Å²) in [6.45, 7) is 6.50. The SMILES string of the molecule is CCCCCCCCCCc1c(O)ccc(C)c1C. The minimum Gasteiger partial charge on any atom is -0.508 e. The molecule has 0 saturated heterocycles. The molecule has 0 radical (unpaired) electrons. The van der Waals surface area contributed by atoms with E-state index in [-0.39, 0.29) is 0 Å². The van der Waals surface area contributed by atoms with Crippen molar-refractivity contribution in [2.24, 2.45) is 0 Å². The summed E-state index contributed by atoms with van der Waals surface area (Å²) in [5.74, 6) is 0.478. The van der Waals surface area contributed by atoms with E-state index in [1.54, 1.807) is 0 Å². The van der Waals surface area contributed by atoms with Crippen molar-refractivity contribution in [1.82, 2.24) is 0 Å². The number of hydrogen-bond donors (Lipinski definition) is 1. The molecule has 1 aromatic rings. The second-order valence-corrected chi connectivity index (χ2v) is 5.73. The zero-order valence-electron chi connectivity index (χ0n) is 13.0. The predicted molar refractivity (Wildman–Crippen MR) is 83.9 cm³/mol. The molecule has 0 saturated carbocycles. The molecule has 0 atom stereocenters. The Balaban J connectivity index is 2.21. The van der Waals surface area contributed by atoms with E-state index in [9.17, 15) is 5.11 Å². The van der Waals surface area contributed by atoms with Crippen LogP contribution in [0.5, 0.6) is 5.75 Å². The van der Waals surface area contributed by atoms with Gasteiger partial charge in [-0.25, -0.2) is 0 Å². The average Bonchev–Trinajstić information content (AvgIpc) is 2.40. The number of hydrogen-bond acceptors (Lipinski definition) is 1. The molecular formula is C18H30O. The van der Waals surface area contributed by atoms with Gasteiger partial charge in [0.05, 0.1) is 0 Å². The molecule has 1 rings (SSSR count). The van der Waals surface area contributed by atoms with Gasteiger partial charge >= 0.3 is 0 Å². The number of aromatic hydroxyl groups is 1. The first kappa shape index (κ1) is 16.1. The van der Waals surface area contributed by atoms with Gasteiger partial charge in [0.25, 0.3) is 0 Å². The summed E-state index contributed by atoms with van der Waals surface area (Å²) in [5, 5.41) is 9.92. The molecule has 0 fully saturated rings. The van der Waals surface area contributed by atoms with Crippen LogP contribution in [0.4, 0.5) is 0 Å². The van der Waals surface area contributed by atoms with Crippen molar-refractivity contribution >= 4 is 0 Å². The Morgan fingerprint density at radius 2 is 1.42 bits per heavy atom. The van der Waals surface area contributed by atoms with Crippen LogP contribution in [0.2, 0.25) is 0 Å². The average molecular weight is 262 g/mol. The summed E-state index contributed by atoms with van der Waals surface area (Å²) >= 11 is 0. The maximum Gasteiger partial charge on any atom is 0.119 e. The molecule has 0 bridgehead atoms. The highest BCUT2D eigenvalue weighted by Gasteiger charge is 2.06. The highest BCUT2D eigenvalue weighted by Crippen LogP contribution is 2.25. The Bertz CT molecular complexity index is 368. The first-order valence-electron chi connectivity index (χ1n) is 7.94. The number of benzene rings is 1. The highest BCUT2D eigenvalue weighted by molar-refractivity contribution is 5.43. The zero-order valence-corrected chi connectivity index (χ0v) is 13.0. The third-order valence-electron chi connectivity index (χ3n) is 4.12. The summed E-state index contributed by atoms with van der Waals surface area (Å²) in [7, 11) is 0. The number of aryl methyl sites for hydroxylation is 1. The van der Waals surface area contributed by atoms with Gasteiger partial charge in [0, 0.05) is 0 Å². The molecular weight excluding hydrogens is 232 g/mol. The Morgan fingerprint density at radius 3 is 2.05 bits per heavy atom. The molecule has 1 nitrogen and oxygen atoms in total. The van der Waals surface area contributed by atoms with Gasteiger partial charge in [-0.3, -0.25) is 0 Å². The van der Waals surface area contributed by atoms with Crippen molar-refractivity contribution in [3.8, 4) is 5.75 Å². The van der Waals surface area contributed by atoms with E-state index in [0.29, 0.717) is 5.75 Å². The third kappa shape index (κ3) is 5.67. The Hall–Kier alpha value is -0.980. The first-order chi connectivity index (χ1) is 9.16. The molecule has 0 heterocycles. The minimum absolute atomic E-state index is 0.478. The van der Waals surface area contributed by atoms with E-state index in [0.717, 1.165) is 12.0 Å². The van der Waals surface area contributed by atoms with Gasteiger partial charge in [-0.15, -0.1) is 0 Å². The van der Waals surface area contributed by atoms with Crippen LogP contribution in [0.3, 0.4) is 0 Å². The van der Waals surface area contributed by atoms with Crippen LogP contribution in [-0.4, -0.2) is 5.11 Å². The van der Waals surface area contributed by atoms with Crippen molar-refractivity contribution < 1.29 is 5.11 Å². The second kappa shape index (κ2) is 9.01. The lowest BCUT2D eigenvalue weighted by Crippen LogP contribution is -1.94. The van der Waals surface area contributed by atoms with Gasteiger partial charge in [-0.05, 0) is 49.4 Å². The van der Waals surface area contributed by atoms with Crippen molar-refractivity contribution in [1.29, 1.82) is 0 Å². The highest BCUT2D eigenvalue weighted by atomic mass is 16.3. The lowest BCUT2D eigenvalue weighted by molar-refractivity contribution is 0.465. The third-order valence-corrected chi connectivity index (χ3v) is 4.12. The molecule has 0 spiro atoms. The second-order valence-electron chi connectivity index (χ2n) is 5.73. The molecule has 0 aliphatic carbocycles. The smallest absolute Gasteiger partial charge is 0.119 e. The zero-order chi connectivity index (χ0) is 14.1. The molecule has 19 heavy (non-hydrogen) atoms. The normalized spacial score (nSPS) is 10.9. The Morgan fingerprint density at radius 1 is 0.842 bits per heavy atom. The van der Waals surface area contributed by atoms with Crippen molar-refractivity contribution in [2.45, 2.75) is 78.6 Å². The topological polar surface area (TPSA) is 20.2 Å². The molecule has 0 aliphatic rings. The van der Waals surface area contributed by atoms with Crippen LogP contribution in [0.15, 0.2) is 12.1 Å². The van der Waals surface area contributed by atoms with Crippen LogP contribution < -0.4 is 0 Å². The van der Waals surface area contributed by atoms with Crippen LogP contribution >= 0.6 is 0 Å². The first-order valence-corrected chi connectivity index (χ1v) is 7.94. The Kier molecular flexibility index (Phi) is 7.62. The molecule has 1 heteroatoms. The maximum atomic E-state index is 9.92. The number of unbranched alkanes of at least 4 members (excludes halogenated alkanes) is 7. The van der Waals surface area contributed by atoms with Crippen LogP contribution in [0.1, 0.15) is 75.0 Å². The van der Waals surface area contributed by atoms with E-state index >= 15 is 0 Å². The fourth-order valence-corrected chi connectivity index (χ4v) is 2.61. The number of phenolic OH excluding ortho intramolecular Hbond substituents is 1. The molecule has 108 valence electrons. The molecule has 0 amide bonds. The van der Waals surface area contributed by atoms with E-state index in [1.807, 2.05) is 12.1 Å². The summed E-state index contributed by atoms with van der Waals surface area (Å²) in [4.78, 5) is 0. The van der Waals surface area contributed by atoms with Crippen LogP contribution in [0, 0.1) is 13.8 Å². The molecule has 1 N–H and O–H groups in total. The number of phenols is 1. The van der Waals surface area contributed by atoms with Gasteiger partial charge < -0.3 is 5.11 Å². The monoisotopic (exact) mass is 262 g/mol. The Labute approximate surface area is 119 Å². The van der Waals surface area contributed by atoms with E-state index < -0.39 is 0 Å². The quantitative estimate of drug-likeness (QED) is 0.567. The van der Waals surface area contributed by atoms with Gasteiger partial charge in [0.15, 0.2) is 0 Å². The summed E-state index contributed by atoms with van der Waals surface area (Å²) in [6, 6.07) is 3.84. The van der Waals surface area contributed by atoms with Crippen molar-refractivity contribution in [3.05, 3.63) is 28.8 Å². The summed E-state index contributed by atoms with van der Waals surface area (Å²) in [6.07, 6.45) is 11.7. The van der Waals surface area contributed by atoms with Gasteiger partial charge in [0.1, 0.15) is 5.75 Å². The lowest BCUT2D eigenvalue weighted by atomic mass is 9.97. The molecule has 0 unspecified atom stereocenters. The largest absolute Gasteiger partial charge is 0.508 e. The molecule has 0 aliphatic heterocycles. The van der Waals surface area contributed by atoms with Gasteiger partial charge in [-0.2, -0.15) is 0 Å². The fraction of sp³-hybridized carbons (Fsp3) is 0.667. The summed E-state index contributed by atoms with van der Waals surface area (Å²) in [5.41, 5.74) is 3.71.